The second-order valence-corrected chi connectivity index (χ2v) is 5.84. The van der Waals surface area contributed by atoms with E-state index in [-0.39, 0.29) is 0 Å². The summed E-state index contributed by atoms with van der Waals surface area (Å²) in [5, 5.41) is 6.14. The first-order chi connectivity index (χ1) is 7.65. The van der Waals surface area contributed by atoms with Gasteiger partial charge in [0, 0.05) is 27.0 Å². The van der Waals surface area contributed by atoms with Gasteiger partial charge in [-0.2, -0.15) is 0 Å². The lowest BCUT2D eigenvalue weighted by Gasteiger charge is -2.06. The Kier molecular flexibility index (Phi) is 3.90. The number of nitrogens with one attached hydrogen (secondary N) is 1. The summed E-state index contributed by atoms with van der Waals surface area (Å²) in [6.45, 7) is 2.90. The lowest BCUT2D eigenvalue weighted by atomic mass is 10.2. The molecule has 0 bridgehead atoms. The van der Waals surface area contributed by atoms with Gasteiger partial charge in [-0.1, -0.05) is 27.5 Å². The lowest BCUT2D eigenvalue weighted by Crippen LogP contribution is -1.97. The molecule has 0 fully saturated rings. The van der Waals surface area contributed by atoms with Gasteiger partial charge in [-0.3, -0.25) is 0 Å². The van der Waals surface area contributed by atoms with Crippen molar-refractivity contribution < 1.29 is 0 Å². The van der Waals surface area contributed by atoms with E-state index in [4.69, 9.17) is 11.6 Å². The number of hydrogen-bond donors (Lipinski definition) is 1. The van der Waals surface area contributed by atoms with Crippen LogP contribution in [-0.2, 0) is 6.54 Å². The van der Waals surface area contributed by atoms with Crippen LogP contribution in [0.25, 0.3) is 0 Å². The van der Waals surface area contributed by atoms with Crippen LogP contribution < -0.4 is 5.32 Å². The van der Waals surface area contributed by atoms with E-state index in [9.17, 15) is 0 Å². The third-order valence-electron chi connectivity index (χ3n) is 2.25. The smallest absolute Gasteiger partial charge is 0.0516 e. The van der Waals surface area contributed by atoms with Gasteiger partial charge < -0.3 is 5.32 Å². The van der Waals surface area contributed by atoms with Gasteiger partial charge in [0.15, 0.2) is 0 Å². The van der Waals surface area contributed by atoms with Crippen LogP contribution in [0.3, 0.4) is 0 Å². The number of rotatable bonds is 3. The average molecular weight is 317 g/mol. The van der Waals surface area contributed by atoms with Crippen LogP contribution in [0.5, 0.6) is 0 Å². The third kappa shape index (κ3) is 3.00. The van der Waals surface area contributed by atoms with Crippen molar-refractivity contribution in [3.63, 3.8) is 0 Å². The van der Waals surface area contributed by atoms with E-state index in [0.29, 0.717) is 0 Å². The Bertz CT molecular complexity index is 496. The fraction of sp³-hybridized carbons (Fsp3) is 0.167. The first-order valence-electron chi connectivity index (χ1n) is 4.88. The van der Waals surface area contributed by atoms with Crippen molar-refractivity contribution in [2.24, 2.45) is 0 Å². The Labute approximate surface area is 113 Å². The van der Waals surface area contributed by atoms with Crippen LogP contribution in [-0.4, -0.2) is 0 Å². The van der Waals surface area contributed by atoms with Crippen molar-refractivity contribution in [1.82, 2.24) is 0 Å². The molecular weight excluding hydrogens is 306 g/mol. The van der Waals surface area contributed by atoms with Crippen molar-refractivity contribution in [1.29, 1.82) is 0 Å². The summed E-state index contributed by atoms with van der Waals surface area (Å²) in [5.74, 6) is 0. The fourth-order valence-electron chi connectivity index (χ4n) is 1.39. The van der Waals surface area contributed by atoms with E-state index in [1.165, 1.54) is 10.4 Å². The molecule has 1 N–H and O–H groups in total. The van der Waals surface area contributed by atoms with Gasteiger partial charge in [-0.25, -0.2) is 0 Å². The van der Waals surface area contributed by atoms with Crippen LogP contribution in [0.2, 0.25) is 5.02 Å². The predicted octanol–water partition coefficient (Wildman–Crippen LogP) is 5.08. The van der Waals surface area contributed by atoms with Crippen molar-refractivity contribution >= 4 is 44.6 Å². The molecule has 1 nitrogen and oxygen atoms in total. The Hall–Kier alpha value is -0.510. The van der Waals surface area contributed by atoms with E-state index in [1.54, 1.807) is 11.3 Å². The molecule has 1 aromatic heterocycles. The molecule has 16 heavy (non-hydrogen) atoms. The molecule has 0 aliphatic heterocycles. The topological polar surface area (TPSA) is 12.0 Å². The third-order valence-corrected chi connectivity index (χ3v) is 4.42. The molecule has 1 aromatic carbocycles. The molecule has 0 aliphatic rings. The fourth-order valence-corrected chi connectivity index (χ4v) is 2.65. The molecule has 0 amide bonds. The minimum absolute atomic E-state index is 0.814. The maximum Gasteiger partial charge on any atom is 0.0516 e. The first kappa shape index (κ1) is 12.0. The summed E-state index contributed by atoms with van der Waals surface area (Å²) in [7, 11) is 0. The molecule has 0 aliphatic carbocycles. The number of thiophene rings is 1. The molecule has 0 saturated heterocycles. The monoisotopic (exact) mass is 315 g/mol. The molecule has 84 valence electrons. The van der Waals surface area contributed by atoms with Gasteiger partial charge >= 0.3 is 0 Å². The van der Waals surface area contributed by atoms with Crippen LogP contribution >= 0.6 is 38.9 Å². The van der Waals surface area contributed by atoms with Gasteiger partial charge in [0.05, 0.1) is 5.02 Å². The average Bonchev–Trinajstić information content (AvgIpc) is 2.66. The SMILES string of the molecule is Cc1cc(NCc2cc(Cl)cs2)ccc1Br. The molecule has 0 radical (unpaired) electrons. The predicted molar refractivity (Wildman–Crippen MR) is 75.5 cm³/mol. The van der Waals surface area contributed by atoms with Crippen LogP contribution in [0.4, 0.5) is 5.69 Å². The maximum atomic E-state index is 5.86. The summed E-state index contributed by atoms with van der Waals surface area (Å²) in [5.41, 5.74) is 2.36. The van der Waals surface area contributed by atoms with E-state index in [0.717, 1.165) is 21.7 Å². The van der Waals surface area contributed by atoms with Gasteiger partial charge in [0.1, 0.15) is 0 Å². The van der Waals surface area contributed by atoms with Crippen molar-refractivity contribution in [2.75, 3.05) is 5.32 Å². The Morgan fingerprint density at radius 3 is 2.81 bits per heavy atom. The summed E-state index contributed by atoms with van der Waals surface area (Å²) in [6.07, 6.45) is 0. The highest BCUT2D eigenvalue weighted by molar-refractivity contribution is 9.10. The second kappa shape index (κ2) is 5.21. The van der Waals surface area contributed by atoms with E-state index < -0.39 is 0 Å². The highest BCUT2D eigenvalue weighted by atomic mass is 79.9. The van der Waals surface area contributed by atoms with E-state index >= 15 is 0 Å². The molecular formula is C12H11BrClNS. The van der Waals surface area contributed by atoms with Crippen molar-refractivity contribution in [3.8, 4) is 0 Å². The highest BCUT2D eigenvalue weighted by Gasteiger charge is 1.99. The lowest BCUT2D eigenvalue weighted by molar-refractivity contribution is 1.19. The zero-order chi connectivity index (χ0) is 11.5. The molecule has 0 spiro atoms. The summed E-state index contributed by atoms with van der Waals surface area (Å²) in [6, 6.07) is 8.23. The second-order valence-electron chi connectivity index (χ2n) is 3.55. The molecule has 2 aromatic rings. The Morgan fingerprint density at radius 2 is 2.19 bits per heavy atom. The van der Waals surface area contributed by atoms with Gasteiger partial charge in [-0.15, -0.1) is 11.3 Å². The number of aryl methyl sites for hydroxylation is 1. The van der Waals surface area contributed by atoms with Crippen molar-refractivity contribution in [3.05, 3.63) is 49.6 Å². The van der Waals surface area contributed by atoms with E-state index in [1.807, 2.05) is 11.4 Å². The summed E-state index contributed by atoms with van der Waals surface area (Å²) >= 11 is 11.0. The van der Waals surface area contributed by atoms with E-state index in [2.05, 4.69) is 46.4 Å². The number of benzene rings is 1. The first-order valence-corrected chi connectivity index (χ1v) is 6.93. The Morgan fingerprint density at radius 1 is 1.38 bits per heavy atom. The number of halogens is 2. The van der Waals surface area contributed by atoms with Gasteiger partial charge in [-0.05, 0) is 36.8 Å². The molecule has 0 atom stereocenters. The minimum atomic E-state index is 0.814. The highest BCUT2D eigenvalue weighted by Crippen LogP contribution is 2.22. The zero-order valence-corrected chi connectivity index (χ0v) is 11.9. The maximum absolute atomic E-state index is 5.86. The van der Waals surface area contributed by atoms with Crippen molar-refractivity contribution in [2.45, 2.75) is 13.5 Å². The van der Waals surface area contributed by atoms with Gasteiger partial charge in [0.2, 0.25) is 0 Å². The zero-order valence-electron chi connectivity index (χ0n) is 8.76. The molecule has 1 heterocycles. The Balaban J connectivity index is 2.02. The van der Waals surface area contributed by atoms with Gasteiger partial charge in [0.25, 0.3) is 0 Å². The van der Waals surface area contributed by atoms with Crippen LogP contribution in [0.15, 0.2) is 34.1 Å². The summed E-state index contributed by atoms with van der Waals surface area (Å²) < 4.78 is 1.14. The van der Waals surface area contributed by atoms with Crippen LogP contribution in [0.1, 0.15) is 10.4 Å². The summed E-state index contributed by atoms with van der Waals surface area (Å²) in [4.78, 5) is 1.24. The normalized spacial score (nSPS) is 10.4. The number of hydrogen-bond acceptors (Lipinski definition) is 2. The molecule has 2 rings (SSSR count). The molecule has 0 saturated carbocycles. The quantitative estimate of drug-likeness (QED) is 0.832. The molecule has 4 heteroatoms. The standard InChI is InChI=1S/C12H11BrClNS/c1-8-4-10(2-3-12(8)13)15-6-11-5-9(14)7-16-11/h2-5,7,15H,6H2,1H3. The minimum Gasteiger partial charge on any atom is -0.380 e. The largest absolute Gasteiger partial charge is 0.380 e. The molecule has 0 unspecified atom stereocenters. The number of anilines is 1. The van der Waals surface area contributed by atoms with Crippen LogP contribution in [0, 0.1) is 6.92 Å².